The van der Waals surface area contributed by atoms with Crippen molar-refractivity contribution < 1.29 is 28.7 Å². The zero-order valence-corrected chi connectivity index (χ0v) is 31.1. The molecule has 0 aromatic carbocycles. The summed E-state index contributed by atoms with van der Waals surface area (Å²) in [5.41, 5.74) is -1.25. The van der Waals surface area contributed by atoms with Crippen LogP contribution in [0.2, 0.25) is 0 Å². The summed E-state index contributed by atoms with van der Waals surface area (Å²) < 4.78 is 10.3. The summed E-state index contributed by atoms with van der Waals surface area (Å²) in [7, 11) is 3.25. The van der Waals surface area contributed by atoms with Gasteiger partial charge in [-0.3, -0.25) is 24.5 Å². The predicted molar refractivity (Wildman–Crippen MR) is 183 cm³/mol. The van der Waals surface area contributed by atoms with Crippen molar-refractivity contribution in [3.63, 3.8) is 0 Å². The number of likely N-dealkylation sites (N-methyl/N-ethyl adjacent to an activating group) is 2. The molecule has 2 atom stereocenters. The van der Waals surface area contributed by atoms with Crippen LogP contribution >= 0.6 is 35.2 Å². The van der Waals surface area contributed by atoms with Gasteiger partial charge >= 0.3 is 0 Å². The van der Waals surface area contributed by atoms with Gasteiger partial charge in [0.2, 0.25) is 23.6 Å². The number of carbonyl (C=O) groups is 4. The van der Waals surface area contributed by atoms with Crippen molar-refractivity contribution >= 4 is 58.8 Å². The van der Waals surface area contributed by atoms with E-state index in [-0.39, 0.29) is 42.3 Å². The Morgan fingerprint density at radius 2 is 1.35 bits per heavy atom. The van der Waals surface area contributed by atoms with Gasteiger partial charge < -0.3 is 30.7 Å². The summed E-state index contributed by atoms with van der Waals surface area (Å²) in [5, 5.41) is 14.4. The fraction of sp³-hybridized carbons (Fsp3) is 0.867. The summed E-state index contributed by atoms with van der Waals surface area (Å²) in [6.45, 7) is 17.5. The monoisotopic (exact) mass is 743 g/mol. The van der Waals surface area contributed by atoms with Crippen molar-refractivity contribution in [3.05, 3.63) is 0 Å². The second-order valence-corrected chi connectivity index (χ2v) is 16.9. The van der Waals surface area contributed by atoms with Crippen LogP contribution < -0.4 is 26.6 Å². The molecule has 0 aliphatic rings. The predicted octanol–water partition coefficient (Wildman–Crippen LogP) is 2.95. The molecule has 0 saturated heterocycles. The topological polar surface area (TPSA) is 147 Å². The number of hydrogen-bond acceptors (Lipinski definition) is 8. The van der Waals surface area contributed by atoms with Gasteiger partial charge in [0.25, 0.3) is 0 Å². The third-order valence-electron chi connectivity index (χ3n) is 6.73. The van der Waals surface area contributed by atoms with Gasteiger partial charge in [-0.1, -0.05) is 57.2 Å². The molecule has 0 aliphatic heterocycles. The van der Waals surface area contributed by atoms with Gasteiger partial charge in [-0.15, -0.1) is 12.6 Å². The number of carbonyl (C=O) groups excluding carboxylic acids is 4. The summed E-state index contributed by atoms with van der Waals surface area (Å²) in [5.74, 6) is -0.552. The van der Waals surface area contributed by atoms with Crippen molar-refractivity contribution in [3.8, 4) is 0 Å². The smallest absolute Gasteiger partial charge is 0.250 e. The molecule has 0 radical (unpaired) electrons. The number of hydrogen-bond donors (Lipinski definition) is 6. The number of unbranched alkanes of at least 4 members (excludes halogenated alkanes) is 1. The van der Waals surface area contributed by atoms with Crippen LogP contribution in [0.25, 0.3) is 0 Å². The lowest BCUT2D eigenvalue weighted by molar-refractivity contribution is -0.132. The number of ether oxygens (including phenoxy) is 2. The van der Waals surface area contributed by atoms with E-state index in [4.69, 9.17) is 9.47 Å². The molecule has 4 amide bonds. The summed E-state index contributed by atoms with van der Waals surface area (Å²) in [4.78, 5) is 48.8. The Bertz CT molecular complexity index is 910. The van der Waals surface area contributed by atoms with Gasteiger partial charge in [0.1, 0.15) is 11.5 Å². The molecule has 11 nitrogen and oxygen atoms in total. The first kappa shape index (κ1) is 41.8. The maximum atomic E-state index is 13.0. The Balaban J connectivity index is 4.19. The molecule has 252 valence electrons. The van der Waals surface area contributed by atoms with Crippen LogP contribution in [0.15, 0.2) is 0 Å². The van der Waals surface area contributed by atoms with Gasteiger partial charge in [-0.25, -0.2) is 0 Å². The second kappa shape index (κ2) is 18.7. The van der Waals surface area contributed by atoms with Crippen LogP contribution in [0.5, 0.6) is 0 Å². The van der Waals surface area contributed by atoms with E-state index in [1.807, 2.05) is 34.6 Å². The molecular weight excluding hydrogens is 685 g/mol. The first-order valence-corrected chi connectivity index (χ1v) is 16.5. The highest BCUT2D eigenvalue weighted by molar-refractivity contribution is 14.1. The molecule has 0 rings (SSSR count). The molecule has 0 saturated carbocycles. The van der Waals surface area contributed by atoms with Crippen LogP contribution in [0, 0.1) is 10.8 Å². The molecule has 13 heteroatoms. The lowest BCUT2D eigenvalue weighted by Crippen LogP contribution is -2.54. The SMILES string of the molecule is CNC(=O)[C@@](S)(CCCCNC(=O)COCCOCCNC(=O)C(C)(C)CC(C)(C)NC(=O)C(C)(I)CC(C)(C)C)NC. The molecule has 43 heavy (non-hydrogen) atoms. The zero-order chi connectivity index (χ0) is 33.5. The molecule has 0 aliphatic carbocycles. The molecule has 5 N–H and O–H groups in total. The Morgan fingerprint density at radius 3 is 1.91 bits per heavy atom. The first-order chi connectivity index (χ1) is 19.6. The highest BCUT2D eigenvalue weighted by atomic mass is 127. The fourth-order valence-corrected chi connectivity index (χ4v) is 6.50. The molecule has 0 aromatic rings. The third kappa shape index (κ3) is 17.8. The lowest BCUT2D eigenvalue weighted by atomic mass is 9.78. The van der Waals surface area contributed by atoms with Crippen molar-refractivity contribution in [2.24, 2.45) is 10.8 Å². The fourth-order valence-electron chi connectivity index (χ4n) is 4.95. The Labute approximate surface area is 278 Å². The highest BCUT2D eigenvalue weighted by Crippen LogP contribution is 2.35. The van der Waals surface area contributed by atoms with Gasteiger partial charge in [-0.05, 0) is 65.3 Å². The number of halogens is 1. The maximum absolute atomic E-state index is 13.0. The van der Waals surface area contributed by atoms with Crippen molar-refractivity contribution in [2.45, 2.75) is 101 Å². The first-order valence-electron chi connectivity index (χ1n) is 15.0. The minimum atomic E-state index is -0.931. The van der Waals surface area contributed by atoms with E-state index < -0.39 is 19.2 Å². The zero-order valence-electron chi connectivity index (χ0n) is 28.1. The lowest BCUT2D eigenvalue weighted by Gasteiger charge is -2.38. The van der Waals surface area contributed by atoms with E-state index in [9.17, 15) is 19.2 Å². The maximum Gasteiger partial charge on any atom is 0.250 e. The minimum Gasteiger partial charge on any atom is -0.377 e. The summed E-state index contributed by atoms with van der Waals surface area (Å²) in [6, 6.07) is 0. The van der Waals surface area contributed by atoms with Crippen molar-refractivity contribution in [1.29, 1.82) is 0 Å². The van der Waals surface area contributed by atoms with Crippen LogP contribution in [0.1, 0.15) is 87.5 Å². The molecule has 0 fully saturated rings. The largest absolute Gasteiger partial charge is 0.377 e. The average molecular weight is 744 g/mol. The minimum absolute atomic E-state index is 0.0180. The van der Waals surface area contributed by atoms with Crippen LogP contribution in [-0.4, -0.2) is 91.1 Å². The third-order valence-corrected chi connectivity index (χ3v) is 8.25. The van der Waals surface area contributed by atoms with E-state index in [2.05, 4.69) is 82.6 Å². The molecule has 0 heterocycles. The Kier molecular flexibility index (Phi) is 18.2. The molecule has 0 bridgehead atoms. The van der Waals surface area contributed by atoms with Gasteiger partial charge in [0.15, 0.2) is 0 Å². The normalized spacial score (nSPS) is 15.2. The molecule has 0 spiro atoms. The second-order valence-electron chi connectivity index (χ2n) is 13.8. The van der Waals surface area contributed by atoms with E-state index in [0.29, 0.717) is 52.0 Å². The van der Waals surface area contributed by atoms with E-state index in [1.165, 1.54) is 0 Å². The van der Waals surface area contributed by atoms with Gasteiger partial charge in [0.05, 0.1) is 23.2 Å². The number of rotatable bonds is 21. The van der Waals surface area contributed by atoms with E-state index >= 15 is 0 Å². The highest BCUT2D eigenvalue weighted by Gasteiger charge is 2.40. The Hall–Kier alpha value is -1.16. The number of nitrogens with one attached hydrogen (secondary N) is 5. The average Bonchev–Trinajstić information content (AvgIpc) is 2.86. The number of amides is 4. The van der Waals surface area contributed by atoms with E-state index in [0.717, 1.165) is 6.42 Å². The molecular formula is C30H58IN5O6S. The summed E-state index contributed by atoms with van der Waals surface area (Å²) in [6.07, 6.45) is 3.16. The number of thiol groups is 1. The van der Waals surface area contributed by atoms with Crippen molar-refractivity contribution in [1.82, 2.24) is 26.6 Å². The van der Waals surface area contributed by atoms with E-state index in [1.54, 1.807) is 14.1 Å². The Morgan fingerprint density at radius 1 is 0.744 bits per heavy atom. The van der Waals surface area contributed by atoms with Crippen LogP contribution in [0.3, 0.4) is 0 Å². The van der Waals surface area contributed by atoms with Crippen molar-refractivity contribution in [2.75, 3.05) is 53.6 Å². The van der Waals surface area contributed by atoms with Crippen LogP contribution in [-0.2, 0) is 28.7 Å². The quantitative estimate of drug-likeness (QED) is 0.0349. The molecule has 0 aromatic heterocycles. The molecule has 1 unspecified atom stereocenters. The van der Waals surface area contributed by atoms with Crippen LogP contribution in [0.4, 0.5) is 0 Å². The van der Waals surface area contributed by atoms with Gasteiger partial charge in [0, 0.05) is 31.1 Å². The number of alkyl halides is 1. The van der Waals surface area contributed by atoms with Gasteiger partial charge in [-0.2, -0.15) is 0 Å². The summed E-state index contributed by atoms with van der Waals surface area (Å²) >= 11 is 6.63. The standard InChI is InChI=1S/C30H58IN5O6S/c1-26(2,3)20-29(8,31)24(39)36-28(6,7)21-27(4,5)23(38)35-15-16-41-17-18-42-19-22(37)34-14-12-11-13-30(43,33-10)25(40)32-9/h33,43H,11-21H2,1-10H3,(H,32,40)(H,34,37)(H,35,38)(H,36,39)/t29?,30-/m0/s1.